The van der Waals surface area contributed by atoms with E-state index in [0.29, 0.717) is 24.7 Å². The molecule has 2 atom stereocenters. The largest absolute Gasteiger partial charge is 0.439 e. The van der Waals surface area contributed by atoms with Crippen LogP contribution in [0.4, 0.5) is 0 Å². The van der Waals surface area contributed by atoms with Crippen LogP contribution in [0.25, 0.3) is 0 Å². The van der Waals surface area contributed by atoms with Gasteiger partial charge in [-0.25, -0.2) is 13.4 Å². The Morgan fingerprint density at radius 2 is 1.83 bits per heavy atom. The summed E-state index contributed by atoms with van der Waals surface area (Å²) in [5.41, 5.74) is 0. The third-order valence-corrected chi connectivity index (χ3v) is 6.83. The fraction of sp³-hybridized carbons (Fsp3) is 0.333. The summed E-state index contributed by atoms with van der Waals surface area (Å²) < 4.78 is 33.2. The van der Waals surface area contributed by atoms with Crippen LogP contribution < -0.4 is 10.1 Å². The highest BCUT2D eigenvalue weighted by Crippen LogP contribution is 2.28. The van der Waals surface area contributed by atoms with Gasteiger partial charge in [0.05, 0.1) is 6.20 Å². The van der Waals surface area contributed by atoms with Gasteiger partial charge >= 0.3 is 0 Å². The van der Waals surface area contributed by atoms with Gasteiger partial charge < -0.3 is 10.1 Å². The normalized spacial score (nSPS) is 22.6. The van der Waals surface area contributed by atoms with E-state index in [1.54, 1.807) is 18.2 Å². The first-order valence-electron chi connectivity index (χ1n) is 9.43. The van der Waals surface area contributed by atoms with E-state index in [9.17, 15) is 13.2 Å². The molecule has 2 unspecified atom stereocenters. The maximum absolute atomic E-state index is 13.1. The number of carbonyl (C=O) groups is 1. The summed E-state index contributed by atoms with van der Waals surface area (Å²) in [4.78, 5) is 15.9. The van der Waals surface area contributed by atoms with E-state index < -0.39 is 10.0 Å². The van der Waals surface area contributed by atoms with Crippen LogP contribution in [0.3, 0.4) is 0 Å². The van der Waals surface area contributed by atoms with Crippen molar-refractivity contribution in [2.75, 3.05) is 13.1 Å². The van der Waals surface area contributed by atoms with Gasteiger partial charge in [0.25, 0.3) is 0 Å². The minimum absolute atomic E-state index is 0.0360. The summed E-state index contributed by atoms with van der Waals surface area (Å²) >= 11 is 0. The van der Waals surface area contributed by atoms with Gasteiger partial charge in [-0.2, -0.15) is 4.31 Å². The molecule has 8 heteroatoms. The number of nitrogens with zero attached hydrogens (tertiary/aromatic N) is 2. The number of para-hydroxylation sites is 1. The number of nitrogens with one attached hydrogen (secondary N) is 1. The second-order valence-corrected chi connectivity index (χ2v) is 9.20. The van der Waals surface area contributed by atoms with Crippen molar-refractivity contribution in [3.05, 3.63) is 61.3 Å². The zero-order chi connectivity index (χ0) is 21.0. The molecule has 1 aliphatic rings. The number of hydrogen-bond acceptors (Lipinski definition) is 5. The lowest BCUT2D eigenvalue weighted by molar-refractivity contribution is -0.118. The summed E-state index contributed by atoms with van der Waals surface area (Å²) in [6.45, 7) is 7.96. The van der Waals surface area contributed by atoms with E-state index in [4.69, 9.17) is 4.74 Å². The number of sulfonamides is 1. The number of piperidine rings is 1. The predicted octanol–water partition coefficient (Wildman–Crippen LogP) is 2.82. The molecule has 1 aromatic carbocycles. The SMILES string of the molecule is C=CC(=O)NC1C(C)CN(S(=O)(=O)c2ccc(Oc3ccccc3)nc2)CC1C. The Hall–Kier alpha value is -2.71. The lowest BCUT2D eigenvalue weighted by Crippen LogP contribution is -2.55. The van der Waals surface area contributed by atoms with Crippen LogP contribution in [-0.2, 0) is 14.8 Å². The molecule has 1 aliphatic heterocycles. The van der Waals surface area contributed by atoms with Crippen molar-refractivity contribution >= 4 is 15.9 Å². The zero-order valence-corrected chi connectivity index (χ0v) is 17.3. The molecule has 0 bridgehead atoms. The van der Waals surface area contributed by atoms with E-state index >= 15 is 0 Å². The highest BCUT2D eigenvalue weighted by atomic mass is 32.2. The van der Waals surface area contributed by atoms with Gasteiger partial charge in [-0.1, -0.05) is 38.6 Å². The van der Waals surface area contributed by atoms with Crippen molar-refractivity contribution in [1.82, 2.24) is 14.6 Å². The summed E-state index contributed by atoms with van der Waals surface area (Å²) in [5.74, 6) is 0.630. The average molecular weight is 416 g/mol. The molecule has 1 aromatic heterocycles. The van der Waals surface area contributed by atoms with Crippen molar-refractivity contribution in [3.63, 3.8) is 0 Å². The lowest BCUT2D eigenvalue weighted by atomic mass is 9.87. The fourth-order valence-corrected chi connectivity index (χ4v) is 5.13. The number of rotatable bonds is 6. The molecule has 1 saturated heterocycles. The Morgan fingerprint density at radius 3 is 2.38 bits per heavy atom. The minimum Gasteiger partial charge on any atom is -0.439 e. The van der Waals surface area contributed by atoms with Gasteiger partial charge in [-0.15, -0.1) is 0 Å². The van der Waals surface area contributed by atoms with Crippen LogP contribution >= 0.6 is 0 Å². The molecule has 0 radical (unpaired) electrons. The Labute approximate surface area is 171 Å². The fourth-order valence-electron chi connectivity index (χ4n) is 3.55. The van der Waals surface area contributed by atoms with E-state index in [1.807, 2.05) is 32.0 Å². The van der Waals surface area contributed by atoms with Gasteiger partial charge in [-0.05, 0) is 36.1 Å². The van der Waals surface area contributed by atoms with Gasteiger partial charge in [-0.3, -0.25) is 4.79 Å². The first kappa shape index (κ1) is 21.0. The van der Waals surface area contributed by atoms with Crippen molar-refractivity contribution in [1.29, 1.82) is 0 Å². The number of hydrogen-bond donors (Lipinski definition) is 1. The topological polar surface area (TPSA) is 88.6 Å². The maximum atomic E-state index is 13.1. The molecule has 1 amide bonds. The lowest BCUT2D eigenvalue weighted by Gasteiger charge is -2.40. The van der Waals surface area contributed by atoms with E-state index in [-0.39, 0.29) is 28.7 Å². The molecule has 0 saturated carbocycles. The average Bonchev–Trinajstić information content (AvgIpc) is 2.71. The number of pyridine rings is 1. The molecule has 2 aromatic rings. The number of aromatic nitrogens is 1. The number of amides is 1. The maximum Gasteiger partial charge on any atom is 0.244 e. The van der Waals surface area contributed by atoms with Crippen molar-refractivity contribution in [2.24, 2.45) is 11.8 Å². The Bertz CT molecular complexity index is 949. The van der Waals surface area contributed by atoms with Gasteiger partial charge in [0.15, 0.2) is 0 Å². The summed E-state index contributed by atoms with van der Waals surface area (Å²) in [6.07, 6.45) is 2.54. The predicted molar refractivity (Wildman–Crippen MR) is 110 cm³/mol. The van der Waals surface area contributed by atoms with Gasteiger partial charge in [0.1, 0.15) is 10.6 Å². The number of ether oxygens (including phenoxy) is 1. The van der Waals surface area contributed by atoms with E-state index in [1.165, 1.54) is 22.6 Å². The summed E-state index contributed by atoms with van der Waals surface area (Å²) in [5, 5.41) is 2.90. The first-order chi connectivity index (χ1) is 13.8. The molecule has 1 N–H and O–H groups in total. The molecule has 154 valence electrons. The van der Waals surface area contributed by atoms with Gasteiger partial charge in [0, 0.05) is 25.2 Å². The molecule has 3 rings (SSSR count). The van der Waals surface area contributed by atoms with Gasteiger partial charge in [0.2, 0.25) is 21.8 Å². The van der Waals surface area contributed by atoms with Crippen LogP contribution in [0.5, 0.6) is 11.6 Å². The molecule has 0 aliphatic carbocycles. The first-order valence-corrected chi connectivity index (χ1v) is 10.9. The molecule has 1 fully saturated rings. The minimum atomic E-state index is -3.69. The second kappa shape index (κ2) is 8.75. The van der Waals surface area contributed by atoms with Crippen molar-refractivity contribution in [2.45, 2.75) is 24.8 Å². The van der Waals surface area contributed by atoms with Crippen LogP contribution in [-0.4, -0.2) is 42.7 Å². The van der Waals surface area contributed by atoms with Crippen molar-refractivity contribution < 1.29 is 17.9 Å². The number of benzene rings is 1. The van der Waals surface area contributed by atoms with Crippen LogP contribution in [0.2, 0.25) is 0 Å². The quantitative estimate of drug-likeness (QED) is 0.733. The van der Waals surface area contributed by atoms with Crippen LogP contribution in [0, 0.1) is 11.8 Å². The molecule has 29 heavy (non-hydrogen) atoms. The van der Waals surface area contributed by atoms with E-state index in [0.717, 1.165) is 0 Å². The Balaban J connectivity index is 1.72. The number of carbonyl (C=O) groups excluding carboxylic acids is 1. The molecule has 0 spiro atoms. The Morgan fingerprint density at radius 1 is 1.17 bits per heavy atom. The highest BCUT2D eigenvalue weighted by molar-refractivity contribution is 7.89. The highest BCUT2D eigenvalue weighted by Gasteiger charge is 2.38. The smallest absolute Gasteiger partial charge is 0.244 e. The van der Waals surface area contributed by atoms with E-state index in [2.05, 4.69) is 16.9 Å². The monoisotopic (exact) mass is 415 g/mol. The molecular weight excluding hydrogens is 390 g/mol. The third kappa shape index (κ3) is 4.83. The van der Waals surface area contributed by atoms with Crippen LogP contribution in [0.1, 0.15) is 13.8 Å². The standard InChI is InChI=1S/C21H25N3O4S/c1-4-19(25)23-21-15(2)13-24(14-16(21)3)29(26,27)18-10-11-20(22-12-18)28-17-8-6-5-7-9-17/h4-12,15-16,21H,1,13-14H2,2-3H3,(H,23,25). The summed E-state index contributed by atoms with van der Waals surface area (Å²) in [6, 6.07) is 12.1. The van der Waals surface area contributed by atoms with Crippen molar-refractivity contribution in [3.8, 4) is 11.6 Å². The Kier molecular flexibility index (Phi) is 6.34. The molecular formula is C21H25N3O4S. The zero-order valence-electron chi connectivity index (χ0n) is 16.5. The third-order valence-electron chi connectivity index (χ3n) is 5.02. The summed E-state index contributed by atoms with van der Waals surface area (Å²) in [7, 11) is -3.69. The molecule has 7 nitrogen and oxygen atoms in total. The second-order valence-electron chi connectivity index (χ2n) is 7.26. The van der Waals surface area contributed by atoms with Crippen LogP contribution in [0.15, 0.2) is 66.2 Å². The molecule has 2 heterocycles.